The van der Waals surface area contributed by atoms with Crippen molar-refractivity contribution in [3.05, 3.63) is 10.0 Å². The fourth-order valence-corrected chi connectivity index (χ4v) is 2.27. The molecule has 19 heavy (non-hydrogen) atoms. The van der Waals surface area contributed by atoms with E-state index in [-0.39, 0.29) is 19.0 Å². The van der Waals surface area contributed by atoms with Crippen LogP contribution < -0.4 is 0 Å². The number of aromatic nitrogens is 2. The highest BCUT2D eigenvalue weighted by Crippen LogP contribution is 2.22. The molecule has 0 atom stereocenters. The topological polar surface area (TPSA) is 83.5 Å². The summed E-state index contributed by atoms with van der Waals surface area (Å²) in [5.41, 5.74) is 0.313. The monoisotopic (exact) mass is 302 g/mol. The summed E-state index contributed by atoms with van der Waals surface area (Å²) in [4.78, 5) is 37.3. The van der Waals surface area contributed by atoms with Crippen LogP contribution in [0.4, 0.5) is 4.79 Å². The number of urea groups is 1. The number of imide groups is 2. The first kappa shape index (κ1) is 13.9. The summed E-state index contributed by atoms with van der Waals surface area (Å²) in [6, 6.07) is -0.632. The van der Waals surface area contributed by atoms with Crippen LogP contribution in [0.25, 0.3) is 0 Å². The molecule has 0 aliphatic carbocycles. The second-order valence-corrected chi connectivity index (χ2v) is 5.83. The number of carbonyl (C=O) groups is 3. The predicted molar refractivity (Wildman–Crippen MR) is 67.4 cm³/mol. The molecule has 4 amide bonds. The Kier molecular flexibility index (Phi) is 3.81. The third kappa shape index (κ3) is 2.59. The van der Waals surface area contributed by atoms with Crippen LogP contribution in [0.3, 0.4) is 0 Å². The van der Waals surface area contributed by atoms with E-state index in [1.54, 1.807) is 0 Å². The molecule has 2 rings (SSSR count). The van der Waals surface area contributed by atoms with Gasteiger partial charge in [-0.3, -0.25) is 14.5 Å². The van der Waals surface area contributed by atoms with Gasteiger partial charge in [-0.1, -0.05) is 29.9 Å². The maximum absolute atomic E-state index is 12.0. The fourth-order valence-electron chi connectivity index (χ4n) is 1.66. The maximum atomic E-state index is 12.0. The molecular weight excluding hydrogens is 292 g/mol. The number of nitrogens with zero attached hydrogens (tertiary/aromatic N) is 4. The van der Waals surface area contributed by atoms with Crippen LogP contribution in [-0.4, -0.2) is 43.8 Å². The first-order valence-corrected chi connectivity index (χ1v) is 6.71. The lowest BCUT2D eigenvalue weighted by molar-refractivity contribution is -0.143. The highest BCUT2D eigenvalue weighted by atomic mass is 35.5. The zero-order valence-corrected chi connectivity index (χ0v) is 11.9. The standard InChI is InChI=1S/C10H11ClN4O3S/c1-5(2)3-14-8(16)9(17)15(10(14)18)4-6-7(11)19-13-12-6/h5H,3-4H2,1-2H3. The summed E-state index contributed by atoms with van der Waals surface area (Å²) in [5, 5.41) is 3.72. The number of halogens is 1. The molecule has 0 radical (unpaired) electrons. The van der Waals surface area contributed by atoms with Crippen molar-refractivity contribution in [1.29, 1.82) is 0 Å². The van der Waals surface area contributed by atoms with Gasteiger partial charge in [0.05, 0.1) is 6.54 Å². The van der Waals surface area contributed by atoms with Gasteiger partial charge in [0.1, 0.15) is 10.0 Å². The van der Waals surface area contributed by atoms with Gasteiger partial charge in [0.2, 0.25) is 0 Å². The van der Waals surface area contributed by atoms with E-state index < -0.39 is 17.8 Å². The van der Waals surface area contributed by atoms with E-state index in [9.17, 15) is 14.4 Å². The van der Waals surface area contributed by atoms with Gasteiger partial charge in [0.15, 0.2) is 0 Å². The number of hydrogen-bond donors (Lipinski definition) is 0. The average molecular weight is 303 g/mol. The molecule has 1 aromatic heterocycles. The number of hydrogen-bond acceptors (Lipinski definition) is 6. The van der Waals surface area contributed by atoms with Crippen LogP contribution >= 0.6 is 23.1 Å². The van der Waals surface area contributed by atoms with Crippen molar-refractivity contribution < 1.29 is 14.4 Å². The molecule has 0 spiro atoms. The lowest BCUT2D eigenvalue weighted by Crippen LogP contribution is -2.35. The van der Waals surface area contributed by atoms with Crippen molar-refractivity contribution in [2.24, 2.45) is 5.92 Å². The summed E-state index contributed by atoms with van der Waals surface area (Å²) in [7, 11) is 0. The van der Waals surface area contributed by atoms with Gasteiger partial charge < -0.3 is 0 Å². The molecule has 1 aliphatic rings. The molecule has 9 heteroatoms. The van der Waals surface area contributed by atoms with E-state index in [4.69, 9.17) is 11.6 Å². The van der Waals surface area contributed by atoms with Gasteiger partial charge in [-0.25, -0.2) is 9.69 Å². The van der Waals surface area contributed by atoms with Crippen LogP contribution in [0.15, 0.2) is 0 Å². The van der Waals surface area contributed by atoms with Crippen LogP contribution in [-0.2, 0) is 16.1 Å². The van der Waals surface area contributed by atoms with E-state index >= 15 is 0 Å². The molecule has 1 aliphatic heterocycles. The Bertz CT molecular complexity index is 545. The Labute approximate surface area is 118 Å². The largest absolute Gasteiger partial charge is 0.334 e. The third-order valence-electron chi connectivity index (χ3n) is 2.50. The summed E-state index contributed by atoms with van der Waals surface area (Å²) in [6.45, 7) is 3.79. The maximum Gasteiger partial charge on any atom is 0.334 e. The predicted octanol–water partition coefficient (Wildman–Crippen LogP) is 1.14. The quantitative estimate of drug-likeness (QED) is 0.615. The van der Waals surface area contributed by atoms with Crippen molar-refractivity contribution in [3.63, 3.8) is 0 Å². The molecular formula is C10H11ClN4O3S. The van der Waals surface area contributed by atoms with Gasteiger partial charge in [-0.2, -0.15) is 0 Å². The van der Waals surface area contributed by atoms with E-state index in [1.807, 2.05) is 13.8 Å². The average Bonchev–Trinajstić information content (AvgIpc) is 2.82. The van der Waals surface area contributed by atoms with E-state index in [2.05, 4.69) is 9.59 Å². The van der Waals surface area contributed by atoms with Crippen LogP contribution in [0.1, 0.15) is 19.5 Å². The number of rotatable bonds is 4. The van der Waals surface area contributed by atoms with Crippen LogP contribution in [0.2, 0.25) is 4.34 Å². The lowest BCUT2D eigenvalue weighted by atomic mass is 10.2. The van der Waals surface area contributed by atoms with Crippen molar-refractivity contribution in [3.8, 4) is 0 Å². The van der Waals surface area contributed by atoms with Crippen LogP contribution in [0.5, 0.6) is 0 Å². The molecule has 1 fully saturated rings. The summed E-state index contributed by atoms with van der Waals surface area (Å²) in [6.07, 6.45) is 0. The van der Waals surface area contributed by atoms with Gasteiger partial charge in [0, 0.05) is 18.1 Å². The SMILES string of the molecule is CC(C)CN1C(=O)C(=O)N(Cc2nnsc2Cl)C1=O. The van der Waals surface area contributed by atoms with E-state index in [0.717, 1.165) is 21.3 Å². The van der Waals surface area contributed by atoms with Crippen LogP contribution in [0, 0.1) is 5.92 Å². The summed E-state index contributed by atoms with van der Waals surface area (Å²) in [5.74, 6) is -1.57. The Morgan fingerprint density at radius 1 is 1.21 bits per heavy atom. The van der Waals surface area contributed by atoms with Crippen molar-refractivity contribution >= 4 is 41.0 Å². The number of amides is 4. The van der Waals surface area contributed by atoms with Gasteiger partial charge in [-0.15, -0.1) is 5.10 Å². The molecule has 0 aromatic carbocycles. The fraction of sp³-hybridized carbons (Fsp3) is 0.500. The Balaban J connectivity index is 2.18. The minimum atomic E-state index is -0.852. The van der Waals surface area contributed by atoms with Gasteiger partial charge in [0.25, 0.3) is 0 Å². The minimum Gasteiger partial charge on any atom is -0.263 e. The summed E-state index contributed by atoms with van der Waals surface area (Å²) < 4.78 is 3.91. The highest BCUT2D eigenvalue weighted by molar-refractivity contribution is 7.10. The molecule has 102 valence electrons. The van der Waals surface area contributed by atoms with Crippen molar-refractivity contribution in [2.45, 2.75) is 20.4 Å². The number of carbonyl (C=O) groups excluding carboxylic acids is 3. The molecule has 0 unspecified atom stereocenters. The zero-order chi connectivity index (χ0) is 14.2. The normalized spacial score (nSPS) is 16.1. The molecule has 1 saturated heterocycles. The Morgan fingerprint density at radius 2 is 1.84 bits per heavy atom. The minimum absolute atomic E-state index is 0.0881. The van der Waals surface area contributed by atoms with E-state index in [1.165, 1.54) is 0 Å². The molecule has 0 N–H and O–H groups in total. The smallest absolute Gasteiger partial charge is 0.263 e. The molecule has 7 nitrogen and oxygen atoms in total. The molecule has 1 aromatic rings. The second kappa shape index (κ2) is 5.22. The highest BCUT2D eigenvalue weighted by Gasteiger charge is 2.44. The molecule has 0 bridgehead atoms. The first-order valence-electron chi connectivity index (χ1n) is 5.56. The van der Waals surface area contributed by atoms with Crippen molar-refractivity contribution in [1.82, 2.24) is 19.4 Å². The molecule has 0 saturated carbocycles. The first-order chi connectivity index (χ1) is 8.91. The second-order valence-electron chi connectivity index (χ2n) is 4.48. The third-order valence-corrected chi connectivity index (χ3v) is 3.48. The zero-order valence-electron chi connectivity index (χ0n) is 10.3. The Morgan fingerprint density at radius 3 is 2.37 bits per heavy atom. The summed E-state index contributed by atoms with van der Waals surface area (Å²) >= 11 is 6.78. The van der Waals surface area contributed by atoms with Crippen molar-refractivity contribution in [2.75, 3.05) is 6.54 Å². The Hall–Kier alpha value is -1.54. The lowest BCUT2D eigenvalue weighted by Gasteiger charge is -2.16. The molecule has 2 heterocycles. The van der Waals surface area contributed by atoms with Gasteiger partial charge >= 0.3 is 17.8 Å². The van der Waals surface area contributed by atoms with Gasteiger partial charge in [-0.05, 0) is 5.92 Å². The van der Waals surface area contributed by atoms with E-state index in [0.29, 0.717) is 10.0 Å².